The lowest BCUT2D eigenvalue weighted by molar-refractivity contribution is -0.139. The molecule has 6 nitrogen and oxygen atoms in total. The number of rotatable bonds is 3. The quantitative estimate of drug-likeness (QED) is 0.831. The molecule has 6 heteroatoms. The van der Waals surface area contributed by atoms with Crippen molar-refractivity contribution >= 4 is 12.0 Å². The molecule has 2 amide bonds. The van der Waals surface area contributed by atoms with Crippen LogP contribution in [0.2, 0.25) is 0 Å². The van der Waals surface area contributed by atoms with Crippen LogP contribution in [-0.2, 0) is 9.53 Å². The number of hydrogen-bond donors (Lipinski definition) is 2. The molecule has 0 aromatic carbocycles. The highest BCUT2D eigenvalue weighted by Crippen LogP contribution is 2.16. The summed E-state index contributed by atoms with van der Waals surface area (Å²) in [6.07, 6.45) is 1.59. The summed E-state index contributed by atoms with van der Waals surface area (Å²) >= 11 is 0. The largest absolute Gasteiger partial charge is 0.444 e. The van der Waals surface area contributed by atoms with Crippen LogP contribution in [0.4, 0.5) is 4.79 Å². The molecular weight excluding hydrogens is 272 g/mol. The smallest absolute Gasteiger partial charge is 0.410 e. The highest BCUT2D eigenvalue weighted by Gasteiger charge is 2.33. The summed E-state index contributed by atoms with van der Waals surface area (Å²) < 4.78 is 5.34. The van der Waals surface area contributed by atoms with Crippen molar-refractivity contribution in [3.63, 3.8) is 0 Å². The van der Waals surface area contributed by atoms with Crippen LogP contribution in [-0.4, -0.2) is 52.3 Å². The van der Waals surface area contributed by atoms with Gasteiger partial charge in [-0.3, -0.25) is 4.79 Å². The van der Waals surface area contributed by atoms with Crippen molar-refractivity contribution in [3.8, 4) is 0 Å². The summed E-state index contributed by atoms with van der Waals surface area (Å²) in [6.45, 7) is 9.78. The van der Waals surface area contributed by atoms with E-state index in [1.165, 1.54) is 6.92 Å². The molecule has 2 unspecified atom stereocenters. The van der Waals surface area contributed by atoms with Gasteiger partial charge in [-0.15, -0.1) is 0 Å². The van der Waals surface area contributed by atoms with E-state index in [1.54, 1.807) is 11.8 Å². The molecule has 2 N–H and O–H groups in total. The van der Waals surface area contributed by atoms with Gasteiger partial charge in [-0.05, 0) is 47.0 Å². The molecule has 0 bridgehead atoms. The van der Waals surface area contributed by atoms with Gasteiger partial charge in [-0.25, -0.2) is 4.79 Å². The highest BCUT2D eigenvalue weighted by molar-refractivity contribution is 5.84. The Morgan fingerprint density at radius 2 is 1.95 bits per heavy atom. The molecule has 1 heterocycles. The third-order valence-corrected chi connectivity index (χ3v) is 3.59. The fraction of sp³-hybridized carbons (Fsp3) is 0.867. The summed E-state index contributed by atoms with van der Waals surface area (Å²) in [4.78, 5) is 25.6. The predicted octanol–water partition coefficient (Wildman–Crippen LogP) is 1.66. The van der Waals surface area contributed by atoms with Gasteiger partial charge < -0.3 is 20.1 Å². The molecule has 0 aliphatic carbocycles. The van der Waals surface area contributed by atoms with Crippen molar-refractivity contribution in [2.75, 3.05) is 13.1 Å². The van der Waals surface area contributed by atoms with Gasteiger partial charge in [0.2, 0.25) is 0 Å². The molecule has 0 aromatic rings. The third kappa shape index (κ3) is 5.53. The summed E-state index contributed by atoms with van der Waals surface area (Å²) in [5.41, 5.74) is -1.90. The van der Waals surface area contributed by atoms with Gasteiger partial charge in [-0.2, -0.15) is 0 Å². The van der Waals surface area contributed by atoms with Crippen LogP contribution in [0.15, 0.2) is 0 Å². The average molecular weight is 300 g/mol. The molecule has 0 aromatic heterocycles. The Morgan fingerprint density at radius 1 is 1.33 bits per heavy atom. The van der Waals surface area contributed by atoms with Gasteiger partial charge in [0.1, 0.15) is 11.2 Å². The average Bonchev–Trinajstić information content (AvgIpc) is 2.37. The molecule has 1 aliphatic heterocycles. The van der Waals surface area contributed by atoms with Crippen molar-refractivity contribution in [2.24, 2.45) is 0 Å². The number of carbonyl (C=O) groups excluding carboxylic acids is 2. The number of piperidine rings is 1. The zero-order chi connectivity index (χ0) is 16.3. The van der Waals surface area contributed by atoms with Crippen LogP contribution in [0.1, 0.15) is 53.9 Å². The van der Waals surface area contributed by atoms with Gasteiger partial charge in [0, 0.05) is 19.1 Å². The van der Waals surface area contributed by atoms with Crippen LogP contribution in [0.5, 0.6) is 0 Å². The molecule has 2 atom stereocenters. The molecule has 1 fully saturated rings. The lowest BCUT2D eigenvalue weighted by atomic mass is 10.0. The van der Waals surface area contributed by atoms with Gasteiger partial charge in [0.05, 0.1) is 0 Å². The number of carbonyl (C=O) groups is 2. The number of nitrogens with one attached hydrogen (secondary N) is 1. The molecule has 1 rings (SSSR count). The number of amides is 2. The van der Waals surface area contributed by atoms with Gasteiger partial charge >= 0.3 is 6.09 Å². The minimum absolute atomic E-state index is 0.142. The molecule has 0 saturated carbocycles. The number of likely N-dealkylation sites (tertiary alicyclic amines) is 1. The molecular formula is C15H28N2O4. The summed E-state index contributed by atoms with van der Waals surface area (Å²) in [7, 11) is 0. The van der Waals surface area contributed by atoms with Gasteiger partial charge in [-0.1, -0.05) is 6.92 Å². The molecule has 21 heavy (non-hydrogen) atoms. The zero-order valence-corrected chi connectivity index (χ0v) is 13.7. The van der Waals surface area contributed by atoms with E-state index >= 15 is 0 Å². The van der Waals surface area contributed by atoms with Crippen LogP contribution >= 0.6 is 0 Å². The number of ether oxygens (including phenoxy) is 1. The Morgan fingerprint density at radius 3 is 2.48 bits per heavy atom. The van der Waals surface area contributed by atoms with E-state index in [0.29, 0.717) is 19.5 Å². The third-order valence-electron chi connectivity index (χ3n) is 3.59. The normalized spacial score (nSPS) is 22.4. The minimum atomic E-state index is -1.37. The van der Waals surface area contributed by atoms with Crippen LogP contribution in [0.25, 0.3) is 0 Å². The maximum atomic E-state index is 12.0. The first-order valence-electron chi connectivity index (χ1n) is 7.56. The van der Waals surface area contributed by atoms with Crippen molar-refractivity contribution in [2.45, 2.75) is 71.1 Å². The second-order valence-electron chi connectivity index (χ2n) is 6.87. The number of aliphatic hydroxyl groups is 1. The standard InChI is InChI=1S/C15H28N2O4/c1-6-15(5,20)12(18)16-11-8-7-9-17(10-11)13(19)21-14(2,3)4/h11,20H,6-10H2,1-5H3,(H,16,18). The van der Waals surface area contributed by atoms with Crippen molar-refractivity contribution in [1.82, 2.24) is 10.2 Å². The van der Waals surface area contributed by atoms with Crippen molar-refractivity contribution in [3.05, 3.63) is 0 Å². The minimum Gasteiger partial charge on any atom is -0.444 e. The molecule has 1 saturated heterocycles. The van der Waals surface area contributed by atoms with Crippen LogP contribution < -0.4 is 5.32 Å². The first-order valence-corrected chi connectivity index (χ1v) is 7.56. The van der Waals surface area contributed by atoms with E-state index in [0.717, 1.165) is 12.8 Å². The zero-order valence-electron chi connectivity index (χ0n) is 13.7. The Balaban J connectivity index is 2.57. The lowest BCUT2D eigenvalue weighted by Crippen LogP contribution is -2.54. The predicted molar refractivity (Wildman–Crippen MR) is 79.9 cm³/mol. The second kappa shape index (κ2) is 6.64. The van der Waals surface area contributed by atoms with E-state index < -0.39 is 11.2 Å². The van der Waals surface area contributed by atoms with Gasteiger partial charge in [0.15, 0.2) is 0 Å². The van der Waals surface area contributed by atoms with Gasteiger partial charge in [0.25, 0.3) is 5.91 Å². The van der Waals surface area contributed by atoms with Crippen LogP contribution in [0, 0.1) is 0 Å². The topological polar surface area (TPSA) is 78.9 Å². The van der Waals surface area contributed by atoms with E-state index in [4.69, 9.17) is 4.74 Å². The molecule has 0 radical (unpaired) electrons. The van der Waals surface area contributed by atoms with Crippen molar-refractivity contribution < 1.29 is 19.4 Å². The fourth-order valence-electron chi connectivity index (χ4n) is 2.09. The molecule has 1 aliphatic rings. The van der Waals surface area contributed by atoms with E-state index in [9.17, 15) is 14.7 Å². The fourth-order valence-corrected chi connectivity index (χ4v) is 2.09. The Labute approximate surface area is 126 Å². The number of nitrogens with zero attached hydrogens (tertiary/aromatic N) is 1. The highest BCUT2D eigenvalue weighted by atomic mass is 16.6. The first kappa shape index (κ1) is 17.8. The summed E-state index contributed by atoms with van der Waals surface area (Å²) in [5.74, 6) is -0.388. The van der Waals surface area contributed by atoms with Crippen molar-refractivity contribution in [1.29, 1.82) is 0 Å². The first-order chi connectivity index (χ1) is 9.55. The maximum absolute atomic E-state index is 12.0. The monoisotopic (exact) mass is 300 g/mol. The number of hydrogen-bond acceptors (Lipinski definition) is 4. The lowest BCUT2D eigenvalue weighted by Gasteiger charge is -2.35. The van der Waals surface area contributed by atoms with Crippen LogP contribution in [0.3, 0.4) is 0 Å². The molecule has 122 valence electrons. The summed E-state index contributed by atoms with van der Waals surface area (Å²) in [5, 5.41) is 12.8. The van der Waals surface area contributed by atoms with E-state index in [1.807, 2.05) is 20.8 Å². The Kier molecular flexibility index (Phi) is 5.61. The summed E-state index contributed by atoms with van der Waals surface area (Å²) in [6, 6.07) is -0.142. The Bertz CT molecular complexity index is 388. The SMILES string of the molecule is CCC(C)(O)C(=O)NC1CCCN(C(=O)OC(C)(C)C)C1. The van der Waals surface area contributed by atoms with E-state index in [2.05, 4.69) is 5.32 Å². The molecule has 0 spiro atoms. The van der Waals surface area contributed by atoms with E-state index in [-0.39, 0.29) is 18.0 Å². The maximum Gasteiger partial charge on any atom is 0.410 e. The second-order valence-corrected chi connectivity index (χ2v) is 6.87. The Hall–Kier alpha value is -1.30.